The maximum Gasteiger partial charge on any atom is 0.249 e. The van der Waals surface area contributed by atoms with Crippen molar-refractivity contribution in [1.82, 2.24) is 4.98 Å². The molecule has 0 radical (unpaired) electrons. The van der Waals surface area contributed by atoms with Crippen LogP contribution in [0.2, 0.25) is 5.02 Å². The average Bonchev–Trinajstić information content (AvgIpc) is 2.37. The lowest BCUT2D eigenvalue weighted by atomic mass is 9.79. The zero-order valence-electron chi connectivity index (χ0n) is 9.03. The Morgan fingerprint density at radius 1 is 1.50 bits per heavy atom. The number of carbonyl (C=O) groups is 1. The molecule has 0 atom stereocenters. The van der Waals surface area contributed by atoms with E-state index in [4.69, 9.17) is 11.6 Å². The quantitative estimate of drug-likeness (QED) is 0.795. The van der Waals surface area contributed by atoms with Gasteiger partial charge in [0.15, 0.2) is 5.78 Å². The lowest BCUT2D eigenvalue weighted by molar-refractivity contribution is -0.0875. The van der Waals surface area contributed by atoms with Crippen molar-refractivity contribution in [3.63, 3.8) is 0 Å². The van der Waals surface area contributed by atoms with E-state index < -0.39 is 5.92 Å². The summed E-state index contributed by atoms with van der Waals surface area (Å²) in [4.78, 5) is 14.3. The molecule has 0 bridgehead atoms. The van der Waals surface area contributed by atoms with Crippen molar-refractivity contribution in [2.75, 3.05) is 0 Å². The fourth-order valence-corrected chi connectivity index (χ4v) is 2.66. The number of carbonyl (C=O) groups excluding carboxylic acids is 1. The smallest absolute Gasteiger partial charge is 0.249 e. The third-order valence-electron chi connectivity index (χ3n) is 3.00. The summed E-state index contributed by atoms with van der Waals surface area (Å²) in [5, 5.41) is 0.311. The number of aromatic nitrogens is 1. The van der Waals surface area contributed by atoms with Gasteiger partial charge in [0.25, 0.3) is 0 Å². The van der Waals surface area contributed by atoms with E-state index in [1.165, 1.54) is 6.92 Å². The molecular weight excluding hydrogens is 236 g/mol. The molecule has 1 heterocycles. The summed E-state index contributed by atoms with van der Waals surface area (Å²) in [5.41, 5.74) is 1.66. The van der Waals surface area contributed by atoms with Crippen molar-refractivity contribution >= 4 is 17.4 Å². The first-order valence-corrected chi connectivity index (χ1v) is 5.46. The van der Waals surface area contributed by atoms with Gasteiger partial charge in [0, 0.05) is 30.1 Å². The lowest BCUT2D eigenvalue weighted by Crippen LogP contribution is -2.34. The van der Waals surface area contributed by atoms with E-state index in [2.05, 4.69) is 4.98 Å². The van der Waals surface area contributed by atoms with Gasteiger partial charge in [0.2, 0.25) is 5.92 Å². The number of nitrogens with one attached hydrogen (secondary N) is 1. The second-order valence-electron chi connectivity index (χ2n) is 4.37. The van der Waals surface area contributed by atoms with Gasteiger partial charge in [-0.25, -0.2) is 8.78 Å². The minimum absolute atomic E-state index is 0.143. The second kappa shape index (κ2) is 3.55. The molecule has 2 nitrogen and oxygen atoms in total. The summed E-state index contributed by atoms with van der Waals surface area (Å²) in [5.74, 6) is -2.98. The molecule has 1 saturated carbocycles. The van der Waals surface area contributed by atoms with Crippen LogP contribution in [0.15, 0.2) is 0 Å². The van der Waals surface area contributed by atoms with Crippen molar-refractivity contribution in [1.29, 1.82) is 0 Å². The molecule has 0 spiro atoms. The van der Waals surface area contributed by atoms with Crippen LogP contribution in [0.4, 0.5) is 8.78 Å². The van der Waals surface area contributed by atoms with Crippen LogP contribution in [0.3, 0.4) is 0 Å². The molecule has 0 saturated heterocycles. The Labute approximate surface area is 97.0 Å². The van der Waals surface area contributed by atoms with E-state index in [1.807, 2.05) is 0 Å². The number of Topliss-reactive ketones (excluding diaryl/α,β-unsaturated/α-hetero) is 1. The average molecular weight is 248 g/mol. The zero-order valence-corrected chi connectivity index (χ0v) is 9.79. The number of halogens is 3. The number of aryl methyl sites for hydroxylation is 1. The first-order valence-electron chi connectivity index (χ1n) is 5.08. The van der Waals surface area contributed by atoms with Crippen LogP contribution in [-0.2, 0) is 0 Å². The van der Waals surface area contributed by atoms with E-state index in [9.17, 15) is 13.6 Å². The Bertz CT molecular complexity index is 445. The van der Waals surface area contributed by atoms with Gasteiger partial charge in [-0.15, -0.1) is 0 Å². The highest BCUT2D eigenvalue weighted by molar-refractivity contribution is 6.34. The van der Waals surface area contributed by atoms with Gasteiger partial charge in [-0.3, -0.25) is 4.79 Å². The second-order valence-corrected chi connectivity index (χ2v) is 4.75. The van der Waals surface area contributed by atoms with Crippen molar-refractivity contribution in [2.45, 2.75) is 38.5 Å². The van der Waals surface area contributed by atoms with E-state index >= 15 is 0 Å². The lowest BCUT2D eigenvalue weighted by Gasteiger charge is -2.34. The highest BCUT2D eigenvalue weighted by Gasteiger charge is 2.47. The molecular formula is C11H12ClF2NO. The molecule has 0 aliphatic heterocycles. The number of aromatic amines is 1. The molecule has 0 aromatic carbocycles. The Kier molecular flexibility index (Phi) is 2.57. The molecule has 1 aromatic heterocycles. The van der Waals surface area contributed by atoms with Crippen molar-refractivity contribution in [3.05, 3.63) is 22.0 Å². The molecule has 2 rings (SSSR count). The van der Waals surface area contributed by atoms with Crippen LogP contribution in [0.1, 0.15) is 47.4 Å². The molecule has 5 heteroatoms. The molecule has 1 fully saturated rings. The van der Waals surface area contributed by atoms with Gasteiger partial charge in [-0.2, -0.15) is 0 Å². The number of hydrogen-bond donors (Lipinski definition) is 1. The van der Waals surface area contributed by atoms with Crippen LogP contribution >= 0.6 is 11.6 Å². The SMILES string of the molecule is CC(=O)c1c(C)[nH]c(C2CC(F)(F)C2)c1Cl. The van der Waals surface area contributed by atoms with E-state index in [0.717, 1.165) is 0 Å². The largest absolute Gasteiger partial charge is 0.360 e. The van der Waals surface area contributed by atoms with Crippen molar-refractivity contribution < 1.29 is 13.6 Å². The van der Waals surface area contributed by atoms with Crippen LogP contribution in [0, 0.1) is 6.92 Å². The number of ketones is 1. The monoisotopic (exact) mass is 247 g/mol. The number of rotatable bonds is 2. The number of H-pyrrole nitrogens is 1. The maximum absolute atomic E-state index is 12.7. The Balaban J connectivity index is 2.31. The van der Waals surface area contributed by atoms with Crippen LogP contribution in [0.25, 0.3) is 0 Å². The van der Waals surface area contributed by atoms with Gasteiger partial charge in [-0.05, 0) is 13.8 Å². The van der Waals surface area contributed by atoms with Crippen molar-refractivity contribution in [3.8, 4) is 0 Å². The minimum atomic E-state index is -2.58. The molecule has 1 aliphatic carbocycles. The molecule has 16 heavy (non-hydrogen) atoms. The summed E-state index contributed by atoms with van der Waals surface area (Å²) >= 11 is 6.03. The summed E-state index contributed by atoms with van der Waals surface area (Å²) in [6, 6.07) is 0. The molecule has 0 amide bonds. The highest BCUT2D eigenvalue weighted by atomic mass is 35.5. The molecule has 1 aromatic rings. The van der Waals surface area contributed by atoms with E-state index in [0.29, 0.717) is 22.0 Å². The molecule has 88 valence electrons. The van der Waals surface area contributed by atoms with Crippen LogP contribution in [-0.4, -0.2) is 16.7 Å². The molecule has 1 aliphatic rings. The Morgan fingerprint density at radius 2 is 2.06 bits per heavy atom. The zero-order chi connectivity index (χ0) is 12.1. The predicted octanol–water partition coefficient (Wildman–Crippen LogP) is 3.69. The Morgan fingerprint density at radius 3 is 2.44 bits per heavy atom. The number of alkyl halides is 2. The number of hydrogen-bond acceptors (Lipinski definition) is 1. The van der Waals surface area contributed by atoms with Gasteiger partial charge >= 0.3 is 0 Å². The molecule has 1 N–H and O–H groups in total. The fourth-order valence-electron chi connectivity index (χ4n) is 2.18. The van der Waals surface area contributed by atoms with Crippen LogP contribution < -0.4 is 0 Å². The maximum atomic E-state index is 12.7. The highest BCUT2D eigenvalue weighted by Crippen LogP contribution is 2.50. The summed E-state index contributed by atoms with van der Waals surface area (Å²) in [6.07, 6.45) is -0.381. The van der Waals surface area contributed by atoms with Crippen molar-refractivity contribution in [2.24, 2.45) is 0 Å². The first-order chi connectivity index (χ1) is 7.32. The van der Waals surface area contributed by atoms with Gasteiger partial charge in [0.1, 0.15) is 0 Å². The third-order valence-corrected chi connectivity index (χ3v) is 3.40. The van der Waals surface area contributed by atoms with E-state index in [1.54, 1.807) is 6.92 Å². The Hall–Kier alpha value is -0.900. The molecule has 0 unspecified atom stereocenters. The van der Waals surface area contributed by atoms with E-state index in [-0.39, 0.29) is 24.5 Å². The van der Waals surface area contributed by atoms with Gasteiger partial charge in [0.05, 0.1) is 10.6 Å². The standard InChI is InChI=1S/C11H12ClF2NO/c1-5-8(6(2)16)9(12)10(15-5)7-3-11(13,14)4-7/h7,15H,3-4H2,1-2H3. The predicted molar refractivity (Wildman–Crippen MR) is 57.5 cm³/mol. The first kappa shape index (κ1) is 11.6. The minimum Gasteiger partial charge on any atom is -0.360 e. The topological polar surface area (TPSA) is 32.9 Å². The van der Waals surface area contributed by atoms with Gasteiger partial charge < -0.3 is 4.98 Å². The van der Waals surface area contributed by atoms with Crippen LogP contribution in [0.5, 0.6) is 0 Å². The summed E-state index contributed by atoms with van der Waals surface area (Å²) in [6.45, 7) is 3.14. The summed E-state index contributed by atoms with van der Waals surface area (Å²) in [7, 11) is 0. The van der Waals surface area contributed by atoms with Gasteiger partial charge in [-0.1, -0.05) is 11.6 Å². The summed E-state index contributed by atoms with van der Waals surface area (Å²) < 4.78 is 25.5. The fraction of sp³-hybridized carbons (Fsp3) is 0.545. The third kappa shape index (κ3) is 1.75. The normalized spacial score (nSPS) is 19.6.